The summed E-state index contributed by atoms with van der Waals surface area (Å²) in [5, 5.41) is 0. The predicted molar refractivity (Wildman–Crippen MR) is 224 cm³/mol. The predicted octanol–water partition coefficient (Wildman–Crippen LogP) is 12.6. The Labute approximate surface area is 336 Å². The van der Waals surface area contributed by atoms with Gasteiger partial charge in [-0.3, -0.25) is 0 Å². The van der Waals surface area contributed by atoms with Crippen molar-refractivity contribution in [2.75, 3.05) is 14.2 Å². The Balaban J connectivity index is 0.00000523. The van der Waals surface area contributed by atoms with Crippen LogP contribution in [0.3, 0.4) is 0 Å². The minimum absolute atomic E-state index is 0. The molecule has 2 atom stereocenters. The zero-order valence-electron chi connectivity index (χ0n) is 34.4. The van der Waals surface area contributed by atoms with Gasteiger partial charge in [-0.15, -0.1) is 0 Å². The number of rotatable bonds is 8. The fourth-order valence-electron chi connectivity index (χ4n) is 9.08. The first-order valence-corrected chi connectivity index (χ1v) is 21.0. The first-order chi connectivity index (χ1) is 23.9. The van der Waals surface area contributed by atoms with Gasteiger partial charge in [0.25, 0.3) is 0 Å². The van der Waals surface area contributed by atoms with Crippen LogP contribution in [-0.2, 0) is 37.0 Å². The first-order valence-electron chi connectivity index (χ1n) is 19.0. The van der Waals surface area contributed by atoms with E-state index >= 15 is 0 Å². The van der Waals surface area contributed by atoms with Crippen LogP contribution in [0.25, 0.3) is 34.4 Å². The third-order valence-corrected chi connectivity index (χ3v) is 13.3. The van der Waals surface area contributed by atoms with Gasteiger partial charge in [-0.25, -0.2) is 0 Å². The minimum atomic E-state index is -0.433. The third kappa shape index (κ3) is 7.54. The molecule has 0 fully saturated rings. The van der Waals surface area contributed by atoms with Crippen molar-refractivity contribution in [2.24, 2.45) is 0 Å². The minimum Gasteiger partial charge on any atom is -0.496 e. The van der Waals surface area contributed by atoms with Crippen LogP contribution in [0.2, 0.25) is 12.1 Å². The van der Waals surface area contributed by atoms with E-state index in [9.17, 15) is 0 Å². The summed E-state index contributed by atoms with van der Waals surface area (Å²) in [6.45, 7) is 27.5. The summed E-state index contributed by atoms with van der Waals surface area (Å²) in [6, 6.07) is 21.4. The Bertz CT molecular complexity index is 1900. The number of fused-ring (bicyclic) bond motifs is 2. The summed E-state index contributed by atoms with van der Waals surface area (Å²) in [7, 11) is 3.26. The van der Waals surface area contributed by atoms with Crippen LogP contribution in [0, 0.1) is 27.7 Å². The molecule has 0 aliphatic heterocycles. The van der Waals surface area contributed by atoms with Crippen LogP contribution in [-0.4, -0.2) is 23.7 Å². The molecule has 4 heteroatoms. The van der Waals surface area contributed by atoms with Gasteiger partial charge in [0.05, 0.1) is 14.2 Å². The summed E-state index contributed by atoms with van der Waals surface area (Å²) in [6.07, 6.45) is 4.95. The van der Waals surface area contributed by atoms with Crippen LogP contribution < -0.4 is 9.47 Å². The SMILES string of the molecule is COc1c(C(C)(C)C)cc2c(c1-c1cc(C)cc(C)c1)C=C(C)C2C[SiH2]CC1C(C)=Cc2c1cc(C(C)(C)C)c(OC)c2-c1cc(C)cc(C)c1.[Zr]. The Morgan fingerprint density at radius 2 is 0.846 bits per heavy atom. The van der Waals surface area contributed by atoms with Crippen LogP contribution in [0.5, 0.6) is 11.5 Å². The quantitative estimate of drug-likeness (QED) is 0.166. The molecular formula is C48H60O2SiZr. The van der Waals surface area contributed by atoms with Gasteiger partial charge in [0.15, 0.2) is 0 Å². The molecule has 0 heterocycles. The van der Waals surface area contributed by atoms with Crippen molar-refractivity contribution in [1.29, 1.82) is 0 Å². The summed E-state index contributed by atoms with van der Waals surface area (Å²) >= 11 is 0. The molecule has 6 rings (SSSR count). The van der Waals surface area contributed by atoms with E-state index in [-0.39, 0.29) is 37.0 Å². The molecule has 0 saturated carbocycles. The molecule has 52 heavy (non-hydrogen) atoms. The van der Waals surface area contributed by atoms with E-state index < -0.39 is 9.52 Å². The molecule has 0 bridgehead atoms. The summed E-state index contributed by atoms with van der Waals surface area (Å²) < 4.78 is 12.6. The zero-order chi connectivity index (χ0) is 37.2. The second-order valence-corrected chi connectivity index (χ2v) is 19.6. The van der Waals surface area contributed by atoms with Crippen LogP contribution >= 0.6 is 0 Å². The summed E-state index contributed by atoms with van der Waals surface area (Å²) in [5.74, 6) is 2.98. The standard InChI is InChI=1S/C48H60O2Si.Zr/c1-27-15-28(2)18-33(17-27)43-37-21-31(5)39(35(37)23-41(45(43)49-13)47(7,8)9)25-51-26-40-32(6)22-38-36(40)24-42(48(10,11)12)46(50-14)44(38)34-19-29(3)16-30(4)20-34;/h15-24,39-40H,25-26,51H2,1-14H3;. The van der Waals surface area contributed by atoms with Gasteiger partial charge in [-0.05, 0) is 85.8 Å². The van der Waals surface area contributed by atoms with Crippen molar-refractivity contribution in [3.05, 3.63) is 115 Å². The number of allylic oxidation sites excluding steroid dienone is 2. The molecule has 0 amide bonds. The van der Waals surface area contributed by atoms with E-state index in [0.29, 0.717) is 11.8 Å². The average Bonchev–Trinajstić information content (AvgIpc) is 3.51. The van der Waals surface area contributed by atoms with Gasteiger partial charge in [0, 0.05) is 69.8 Å². The van der Waals surface area contributed by atoms with Crippen molar-refractivity contribution < 1.29 is 35.7 Å². The molecule has 0 spiro atoms. The number of ether oxygens (including phenoxy) is 2. The van der Waals surface area contributed by atoms with Crippen LogP contribution in [0.4, 0.5) is 0 Å². The number of benzene rings is 4. The molecule has 0 radical (unpaired) electrons. The van der Waals surface area contributed by atoms with Gasteiger partial charge < -0.3 is 9.47 Å². The molecule has 2 aliphatic rings. The third-order valence-electron chi connectivity index (χ3n) is 11.3. The van der Waals surface area contributed by atoms with Gasteiger partial charge in [-0.1, -0.05) is 148 Å². The molecule has 0 aromatic heterocycles. The fraction of sp³-hybridized carbons (Fsp3) is 0.417. The Morgan fingerprint density at radius 1 is 0.519 bits per heavy atom. The van der Waals surface area contributed by atoms with Crippen molar-refractivity contribution in [3.63, 3.8) is 0 Å². The monoisotopic (exact) mass is 786 g/mol. The molecular weight excluding hydrogens is 728 g/mol. The zero-order valence-corrected chi connectivity index (χ0v) is 38.2. The van der Waals surface area contributed by atoms with Gasteiger partial charge in [0.2, 0.25) is 0 Å². The fourth-order valence-corrected chi connectivity index (χ4v) is 11.7. The summed E-state index contributed by atoms with van der Waals surface area (Å²) in [4.78, 5) is 0. The maximum Gasteiger partial charge on any atom is 0.131 e. The number of methoxy groups -OCH3 is 2. The number of hydrogen-bond acceptors (Lipinski definition) is 2. The van der Waals surface area contributed by atoms with Crippen molar-refractivity contribution in [1.82, 2.24) is 0 Å². The molecule has 2 aliphatic carbocycles. The molecule has 272 valence electrons. The molecule has 0 N–H and O–H groups in total. The maximum absolute atomic E-state index is 6.30. The van der Waals surface area contributed by atoms with Gasteiger partial charge in [-0.2, -0.15) is 0 Å². The number of aryl methyl sites for hydroxylation is 4. The molecule has 4 aromatic carbocycles. The second kappa shape index (κ2) is 15.1. The van der Waals surface area contributed by atoms with E-state index in [4.69, 9.17) is 9.47 Å². The van der Waals surface area contributed by atoms with Crippen molar-refractivity contribution in [2.45, 2.75) is 118 Å². The van der Waals surface area contributed by atoms with Gasteiger partial charge in [0.1, 0.15) is 11.5 Å². The average molecular weight is 788 g/mol. The smallest absolute Gasteiger partial charge is 0.131 e. The van der Waals surface area contributed by atoms with Crippen molar-refractivity contribution in [3.8, 4) is 33.8 Å². The molecule has 0 saturated heterocycles. The van der Waals surface area contributed by atoms with Crippen molar-refractivity contribution >= 4 is 21.7 Å². The molecule has 2 unspecified atom stereocenters. The Kier molecular flexibility index (Phi) is 11.7. The Morgan fingerprint density at radius 3 is 1.13 bits per heavy atom. The Hall–Kier alpha value is -2.94. The number of hydrogen-bond donors (Lipinski definition) is 0. The first kappa shape index (κ1) is 40.2. The van der Waals surface area contributed by atoms with E-state index in [1.807, 2.05) is 14.2 Å². The summed E-state index contributed by atoms with van der Waals surface area (Å²) in [5.41, 5.74) is 21.5. The molecule has 4 aromatic rings. The van der Waals surface area contributed by atoms with E-state index in [1.54, 1.807) is 0 Å². The van der Waals surface area contributed by atoms with Gasteiger partial charge >= 0.3 is 0 Å². The maximum atomic E-state index is 6.30. The van der Waals surface area contributed by atoms with E-state index in [2.05, 4.69) is 144 Å². The topological polar surface area (TPSA) is 18.5 Å². The van der Waals surface area contributed by atoms with E-state index in [0.717, 1.165) is 11.5 Å². The van der Waals surface area contributed by atoms with E-state index in [1.165, 1.54) is 101 Å². The normalized spacial score (nSPS) is 16.8. The largest absolute Gasteiger partial charge is 0.496 e. The molecule has 2 nitrogen and oxygen atoms in total. The van der Waals surface area contributed by atoms with Crippen LogP contribution in [0.1, 0.15) is 123 Å². The second-order valence-electron chi connectivity index (χ2n) is 17.7. The van der Waals surface area contributed by atoms with Crippen LogP contribution in [0.15, 0.2) is 59.7 Å².